The number of aromatic nitrogens is 2. The fourth-order valence-corrected chi connectivity index (χ4v) is 2.11. The van der Waals surface area contributed by atoms with Gasteiger partial charge in [0.05, 0.1) is 6.20 Å². The second-order valence-electron chi connectivity index (χ2n) is 3.02. The van der Waals surface area contributed by atoms with E-state index in [1.165, 1.54) is 16.9 Å². The van der Waals surface area contributed by atoms with Gasteiger partial charge in [0.15, 0.2) is 0 Å². The van der Waals surface area contributed by atoms with Crippen molar-refractivity contribution >= 4 is 22.9 Å². The summed E-state index contributed by atoms with van der Waals surface area (Å²) in [4.78, 5) is 8.12. The SMILES string of the molecule is Clc1cnc(CNCc2ccncc2)s1. The van der Waals surface area contributed by atoms with Gasteiger partial charge in [0.25, 0.3) is 0 Å². The van der Waals surface area contributed by atoms with E-state index in [-0.39, 0.29) is 0 Å². The summed E-state index contributed by atoms with van der Waals surface area (Å²) in [6.07, 6.45) is 5.25. The van der Waals surface area contributed by atoms with Gasteiger partial charge in [0, 0.05) is 25.5 Å². The lowest BCUT2D eigenvalue weighted by Gasteiger charge is -2.01. The van der Waals surface area contributed by atoms with Crippen LogP contribution in [-0.2, 0) is 13.1 Å². The molecular weight excluding hydrogens is 230 g/mol. The van der Waals surface area contributed by atoms with Gasteiger partial charge in [-0.2, -0.15) is 0 Å². The van der Waals surface area contributed by atoms with Crippen molar-refractivity contribution in [1.82, 2.24) is 15.3 Å². The first-order valence-corrected chi connectivity index (χ1v) is 5.74. The maximum absolute atomic E-state index is 5.78. The van der Waals surface area contributed by atoms with Crippen LogP contribution < -0.4 is 5.32 Å². The maximum Gasteiger partial charge on any atom is 0.113 e. The molecule has 0 aliphatic rings. The van der Waals surface area contributed by atoms with Crippen LogP contribution in [0.3, 0.4) is 0 Å². The summed E-state index contributed by atoms with van der Waals surface area (Å²) < 4.78 is 0.732. The molecule has 78 valence electrons. The van der Waals surface area contributed by atoms with Gasteiger partial charge >= 0.3 is 0 Å². The Bertz CT molecular complexity index is 416. The van der Waals surface area contributed by atoms with Crippen molar-refractivity contribution < 1.29 is 0 Å². The first kappa shape index (κ1) is 10.5. The lowest BCUT2D eigenvalue weighted by atomic mass is 10.3. The molecule has 0 bridgehead atoms. The van der Waals surface area contributed by atoms with Crippen molar-refractivity contribution in [3.63, 3.8) is 0 Å². The quantitative estimate of drug-likeness (QED) is 0.891. The third-order valence-corrected chi connectivity index (χ3v) is 2.99. The molecule has 15 heavy (non-hydrogen) atoms. The van der Waals surface area contributed by atoms with E-state index in [1.807, 2.05) is 12.1 Å². The minimum Gasteiger partial charge on any atom is -0.306 e. The molecule has 0 amide bonds. The molecule has 5 heteroatoms. The molecule has 0 radical (unpaired) electrons. The zero-order valence-electron chi connectivity index (χ0n) is 7.98. The van der Waals surface area contributed by atoms with Crippen LogP contribution in [0.4, 0.5) is 0 Å². The lowest BCUT2D eigenvalue weighted by molar-refractivity contribution is 0.689. The van der Waals surface area contributed by atoms with E-state index in [0.717, 1.165) is 22.4 Å². The van der Waals surface area contributed by atoms with Gasteiger partial charge in [0.2, 0.25) is 0 Å². The van der Waals surface area contributed by atoms with Crippen molar-refractivity contribution in [3.05, 3.63) is 45.6 Å². The van der Waals surface area contributed by atoms with Crippen molar-refractivity contribution in [2.24, 2.45) is 0 Å². The van der Waals surface area contributed by atoms with E-state index < -0.39 is 0 Å². The predicted molar refractivity (Wildman–Crippen MR) is 61.9 cm³/mol. The molecule has 0 unspecified atom stereocenters. The largest absolute Gasteiger partial charge is 0.306 e. The molecule has 2 heterocycles. The van der Waals surface area contributed by atoms with Crippen LogP contribution in [0.15, 0.2) is 30.7 Å². The van der Waals surface area contributed by atoms with Crippen LogP contribution >= 0.6 is 22.9 Å². The summed E-state index contributed by atoms with van der Waals surface area (Å²) in [6.45, 7) is 1.57. The maximum atomic E-state index is 5.78. The molecule has 0 aliphatic heterocycles. The fourth-order valence-electron chi connectivity index (χ4n) is 1.18. The van der Waals surface area contributed by atoms with Crippen molar-refractivity contribution in [3.8, 4) is 0 Å². The molecule has 2 aromatic heterocycles. The minimum atomic E-state index is 0.732. The normalized spacial score (nSPS) is 10.5. The number of halogens is 1. The highest BCUT2D eigenvalue weighted by atomic mass is 35.5. The smallest absolute Gasteiger partial charge is 0.113 e. The highest BCUT2D eigenvalue weighted by molar-refractivity contribution is 7.15. The zero-order chi connectivity index (χ0) is 10.5. The van der Waals surface area contributed by atoms with Crippen LogP contribution in [-0.4, -0.2) is 9.97 Å². The Morgan fingerprint density at radius 1 is 1.27 bits per heavy atom. The summed E-state index contributed by atoms with van der Waals surface area (Å²) >= 11 is 7.28. The number of pyridine rings is 1. The molecule has 0 aliphatic carbocycles. The summed E-state index contributed by atoms with van der Waals surface area (Å²) in [5.74, 6) is 0. The Morgan fingerprint density at radius 2 is 2.07 bits per heavy atom. The van der Waals surface area contributed by atoms with E-state index in [4.69, 9.17) is 11.6 Å². The summed E-state index contributed by atoms with van der Waals surface area (Å²) in [5, 5.41) is 4.30. The van der Waals surface area contributed by atoms with Crippen LogP contribution in [0.1, 0.15) is 10.6 Å². The number of nitrogens with zero attached hydrogens (tertiary/aromatic N) is 2. The van der Waals surface area contributed by atoms with Crippen LogP contribution in [0, 0.1) is 0 Å². The van der Waals surface area contributed by atoms with Crippen molar-refractivity contribution in [2.45, 2.75) is 13.1 Å². The molecule has 2 rings (SSSR count). The standard InChI is InChI=1S/C10H10ClN3S/c11-9-6-14-10(15-9)7-13-5-8-1-3-12-4-2-8/h1-4,6,13H,5,7H2. The minimum absolute atomic E-state index is 0.732. The van der Waals surface area contributed by atoms with E-state index in [1.54, 1.807) is 18.6 Å². The predicted octanol–water partition coefficient (Wildman–Crippen LogP) is 2.48. The Balaban J connectivity index is 1.80. The third kappa shape index (κ3) is 3.27. The van der Waals surface area contributed by atoms with Gasteiger partial charge < -0.3 is 5.32 Å². The van der Waals surface area contributed by atoms with Crippen molar-refractivity contribution in [2.75, 3.05) is 0 Å². The molecule has 0 aromatic carbocycles. The first-order chi connectivity index (χ1) is 7.34. The third-order valence-electron chi connectivity index (χ3n) is 1.88. The van der Waals surface area contributed by atoms with E-state index in [0.29, 0.717) is 0 Å². The Morgan fingerprint density at radius 3 is 2.73 bits per heavy atom. The summed E-state index contributed by atoms with van der Waals surface area (Å²) in [5.41, 5.74) is 1.22. The highest BCUT2D eigenvalue weighted by Crippen LogP contribution is 2.17. The number of rotatable bonds is 4. The van der Waals surface area contributed by atoms with E-state index in [9.17, 15) is 0 Å². The average molecular weight is 240 g/mol. The summed E-state index contributed by atoms with van der Waals surface area (Å²) in [6, 6.07) is 3.98. The molecule has 1 N–H and O–H groups in total. The molecule has 0 saturated carbocycles. The van der Waals surface area contributed by atoms with Crippen LogP contribution in [0.25, 0.3) is 0 Å². The molecule has 0 spiro atoms. The molecule has 3 nitrogen and oxygen atoms in total. The van der Waals surface area contributed by atoms with Crippen molar-refractivity contribution in [1.29, 1.82) is 0 Å². The monoisotopic (exact) mass is 239 g/mol. The van der Waals surface area contributed by atoms with E-state index >= 15 is 0 Å². The number of thiazole rings is 1. The molecule has 0 atom stereocenters. The first-order valence-electron chi connectivity index (χ1n) is 4.54. The van der Waals surface area contributed by atoms with Gasteiger partial charge in [-0.15, -0.1) is 11.3 Å². The zero-order valence-corrected chi connectivity index (χ0v) is 9.55. The van der Waals surface area contributed by atoms with Gasteiger partial charge in [-0.3, -0.25) is 4.98 Å². The van der Waals surface area contributed by atoms with Gasteiger partial charge in [-0.05, 0) is 17.7 Å². The average Bonchev–Trinajstić information content (AvgIpc) is 2.66. The van der Waals surface area contributed by atoms with Gasteiger partial charge in [-0.1, -0.05) is 11.6 Å². The summed E-state index contributed by atoms with van der Waals surface area (Å²) in [7, 11) is 0. The Hall–Kier alpha value is -0.970. The molecule has 0 fully saturated rings. The number of hydrogen-bond acceptors (Lipinski definition) is 4. The molecule has 2 aromatic rings. The number of nitrogens with one attached hydrogen (secondary N) is 1. The number of hydrogen-bond donors (Lipinski definition) is 1. The van der Waals surface area contributed by atoms with Crippen LogP contribution in [0.5, 0.6) is 0 Å². The fraction of sp³-hybridized carbons (Fsp3) is 0.200. The second-order valence-corrected chi connectivity index (χ2v) is 4.76. The Kier molecular flexibility index (Phi) is 3.66. The Labute approximate surface area is 97.2 Å². The van der Waals surface area contributed by atoms with E-state index in [2.05, 4.69) is 15.3 Å². The topological polar surface area (TPSA) is 37.8 Å². The second kappa shape index (κ2) is 5.21. The van der Waals surface area contributed by atoms with Gasteiger partial charge in [0.1, 0.15) is 9.34 Å². The lowest BCUT2D eigenvalue weighted by Crippen LogP contribution is -2.12. The molecule has 0 saturated heterocycles. The van der Waals surface area contributed by atoms with Gasteiger partial charge in [-0.25, -0.2) is 4.98 Å². The van der Waals surface area contributed by atoms with Crippen LogP contribution in [0.2, 0.25) is 4.34 Å². The highest BCUT2D eigenvalue weighted by Gasteiger charge is 1.98. The molecular formula is C10H10ClN3S.